The van der Waals surface area contributed by atoms with E-state index in [0.717, 1.165) is 35.5 Å². The van der Waals surface area contributed by atoms with E-state index in [0.29, 0.717) is 29.0 Å². The van der Waals surface area contributed by atoms with E-state index < -0.39 is 5.92 Å². The number of aromatic nitrogens is 1. The first-order valence-electron chi connectivity index (χ1n) is 11.4. The predicted molar refractivity (Wildman–Crippen MR) is 130 cm³/mol. The molecule has 0 saturated heterocycles. The fourth-order valence-corrected chi connectivity index (χ4v) is 4.63. The van der Waals surface area contributed by atoms with Crippen LogP contribution in [0.3, 0.4) is 0 Å². The number of benzene rings is 2. The standard InChI is InChI=1S/C28H25N3O3/c1-18-25(28(33)31-20-9-7-15-29-17-20)26(27-23(30-18)13-6-14-24(27)32)19-8-5-12-22(16-19)34-21-10-3-2-4-11-21/h2-5,7-12,15-17,26,30H,6,13-14H2,1H3,(H,31,33). The number of carbonyl (C=O) groups is 2. The summed E-state index contributed by atoms with van der Waals surface area (Å²) in [6.45, 7) is 1.89. The van der Waals surface area contributed by atoms with Crippen LogP contribution >= 0.6 is 0 Å². The number of hydrogen-bond donors (Lipinski definition) is 2. The number of ketones is 1. The summed E-state index contributed by atoms with van der Waals surface area (Å²) >= 11 is 0. The van der Waals surface area contributed by atoms with Crippen molar-refractivity contribution >= 4 is 17.4 Å². The minimum Gasteiger partial charge on any atom is -0.457 e. The molecule has 6 heteroatoms. The van der Waals surface area contributed by atoms with Gasteiger partial charge in [-0.2, -0.15) is 0 Å². The molecule has 34 heavy (non-hydrogen) atoms. The van der Waals surface area contributed by atoms with Crippen LogP contribution in [0.15, 0.2) is 102 Å². The SMILES string of the molecule is CC1=C(C(=O)Nc2cccnc2)C(c2cccc(Oc3ccccc3)c2)C2=C(CCCC2=O)N1. The molecule has 1 aliphatic heterocycles. The van der Waals surface area contributed by atoms with Crippen molar-refractivity contribution < 1.29 is 14.3 Å². The number of Topliss-reactive ketones (excluding diaryl/α,β-unsaturated/α-hetero) is 1. The van der Waals surface area contributed by atoms with Crippen molar-refractivity contribution in [2.45, 2.75) is 32.1 Å². The largest absolute Gasteiger partial charge is 0.457 e. The van der Waals surface area contributed by atoms with Crippen LogP contribution in [0.2, 0.25) is 0 Å². The number of dihydropyridines is 1. The first-order chi connectivity index (χ1) is 16.6. The van der Waals surface area contributed by atoms with Crippen molar-refractivity contribution in [3.05, 3.63) is 107 Å². The Labute approximate surface area is 198 Å². The Kier molecular flexibility index (Phi) is 5.95. The number of nitrogens with one attached hydrogen (secondary N) is 2. The summed E-state index contributed by atoms with van der Waals surface area (Å²) in [4.78, 5) is 30.7. The zero-order chi connectivity index (χ0) is 23.5. The summed E-state index contributed by atoms with van der Waals surface area (Å²) < 4.78 is 6.05. The summed E-state index contributed by atoms with van der Waals surface area (Å²) in [5.74, 6) is 0.701. The van der Waals surface area contributed by atoms with Gasteiger partial charge in [-0.15, -0.1) is 0 Å². The average Bonchev–Trinajstić information content (AvgIpc) is 2.85. The molecule has 1 aromatic heterocycles. The number of rotatable bonds is 5. The van der Waals surface area contributed by atoms with Crippen LogP contribution in [0.4, 0.5) is 5.69 Å². The molecule has 1 unspecified atom stereocenters. The first kappa shape index (κ1) is 21.6. The molecule has 0 spiro atoms. The summed E-state index contributed by atoms with van der Waals surface area (Å²) in [5, 5.41) is 6.29. The summed E-state index contributed by atoms with van der Waals surface area (Å²) in [5.41, 5.74) is 4.29. The minimum absolute atomic E-state index is 0.0762. The zero-order valence-corrected chi connectivity index (χ0v) is 18.9. The van der Waals surface area contributed by atoms with Crippen molar-refractivity contribution in [1.29, 1.82) is 0 Å². The Morgan fingerprint density at radius 2 is 1.85 bits per heavy atom. The van der Waals surface area contributed by atoms with Crippen molar-refractivity contribution in [3.8, 4) is 11.5 Å². The number of carbonyl (C=O) groups excluding carboxylic acids is 2. The van der Waals surface area contributed by atoms with Gasteiger partial charge in [0.1, 0.15) is 11.5 Å². The van der Waals surface area contributed by atoms with Gasteiger partial charge in [-0.25, -0.2) is 0 Å². The number of para-hydroxylation sites is 1. The molecule has 6 nitrogen and oxygen atoms in total. The topological polar surface area (TPSA) is 80.3 Å². The van der Waals surface area contributed by atoms with Gasteiger partial charge in [0.2, 0.25) is 0 Å². The number of pyridine rings is 1. The van der Waals surface area contributed by atoms with E-state index >= 15 is 0 Å². The Hall–Kier alpha value is -4.19. The molecule has 170 valence electrons. The monoisotopic (exact) mass is 451 g/mol. The van der Waals surface area contributed by atoms with Crippen LogP contribution in [0.5, 0.6) is 11.5 Å². The number of allylic oxidation sites excluding steroid dienone is 3. The third kappa shape index (κ3) is 4.35. The van der Waals surface area contributed by atoms with E-state index in [-0.39, 0.29) is 11.7 Å². The lowest BCUT2D eigenvalue weighted by molar-refractivity contribution is -0.116. The maximum atomic E-state index is 13.5. The lowest BCUT2D eigenvalue weighted by Crippen LogP contribution is -2.35. The fourth-order valence-electron chi connectivity index (χ4n) is 4.63. The van der Waals surface area contributed by atoms with Gasteiger partial charge in [0.15, 0.2) is 5.78 Å². The number of hydrogen-bond acceptors (Lipinski definition) is 5. The van der Waals surface area contributed by atoms with E-state index in [2.05, 4.69) is 15.6 Å². The van der Waals surface area contributed by atoms with E-state index in [9.17, 15) is 9.59 Å². The molecule has 0 bridgehead atoms. The number of ether oxygens (including phenoxy) is 1. The van der Waals surface area contributed by atoms with Gasteiger partial charge >= 0.3 is 0 Å². The number of amides is 1. The lowest BCUT2D eigenvalue weighted by atomic mass is 9.75. The van der Waals surface area contributed by atoms with Gasteiger partial charge in [-0.05, 0) is 61.7 Å². The van der Waals surface area contributed by atoms with Crippen LogP contribution in [-0.2, 0) is 9.59 Å². The van der Waals surface area contributed by atoms with Crippen molar-refractivity contribution in [2.24, 2.45) is 0 Å². The van der Waals surface area contributed by atoms with Gasteiger partial charge in [-0.1, -0.05) is 30.3 Å². The molecule has 1 atom stereocenters. The molecule has 2 heterocycles. The molecule has 2 aliphatic rings. The van der Waals surface area contributed by atoms with Crippen LogP contribution in [-0.4, -0.2) is 16.7 Å². The van der Waals surface area contributed by atoms with Gasteiger partial charge in [0, 0.05) is 41.1 Å². The molecular formula is C28H25N3O3. The van der Waals surface area contributed by atoms with Crippen LogP contribution < -0.4 is 15.4 Å². The Morgan fingerprint density at radius 3 is 2.65 bits per heavy atom. The first-order valence-corrected chi connectivity index (χ1v) is 11.4. The highest BCUT2D eigenvalue weighted by Crippen LogP contribution is 2.43. The second kappa shape index (κ2) is 9.35. The maximum Gasteiger partial charge on any atom is 0.254 e. The summed E-state index contributed by atoms with van der Waals surface area (Å²) in [7, 11) is 0. The van der Waals surface area contributed by atoms with Crippen molar-refractivity contribution in [2.75, 3.05) is 5.32 Å². The molecule has 2 aromatic carbocycles. The second-order valence-electron chi connectivity index (χ2n) is 8.45. The van der Waals surface area contributed by atoms with Crippen LogP contribution in [0.1, 0.15) is 37.7 Å². The highest BCUT2D eigenvalue weighted by atomic mass is 16.5. The molecule has 2 N–H and O–H groups in total. The highest BCUT2D eigenvalue weighted by Gasteiger charge is 2.38. The van der Waals surface area contributed by atoms with E-state index in [1.165, 1.54) is 0 Å². The van der Waals surface area contributed by atoms with E-state index in [1.54, 1.807) is 24.5 Å². The quantitative estimate of drug-likeness (QED) is 0.537. The minimum atomic E-state index is -0.486. The summed E-state index contributed by atoms with van der Waals surface area (Å²) in [6, 6.07) is 20.7. The maximum absolute atomic E-state index is 13.5. The third-order valence-corrected chi connectivity index (χ3v) is 6.11. The lowest BCUT2D eigenvalue weighted by Gasteiger charge is -2.34. The molecule has 1 aliphatic carbocycles. The zero-order valence-electron chi connectivity index (χ0n) is 18.9. The van der Waals surface area contributed by atoms with Gasteiger partial charge in [0.05, 0.1) is 11.9 Å². The second-order valence-corrected chi connectivity index (χ2v) is 8.45. The molecule has 0 fully saturated rings. The third-order valence-electron chi connectivity index (χ3n) is 6.11. The molecule has 0 radical (unpaired) electrons. The predicted octanol–water partition coefficient (Wildman–Crippen LogP) is 5.48. The molecule has 1 amide bonds. The van der Waals surface area contributed by atoms with Gasteiger partial charge in [-0.3, -0.25) is 14.6 Å². The van der Waals surface area contributed by atoms with E-state index in [1.807, 2.05) is 61.5 Å². The normalized spacial score (nSPS) is 17.7. The Balaban J connectivity index is 1.56. The molecule has 5 rings (SSSR count). The molecular weight excluding hydrogens is 426 g/mol. The van der Waals surface area contributed by atoms with Crippen molar-refractivity contribution in [1.82, 2.24) is 10.3 Å². The number of anilines is 1. The van der Waals surface area contributed by atoms with Crippen molar-refractivity contribution in [3.63, 3.8) is 0 Å². The number of nitrogens with zero attached hydrogens (tertiary/aromatic N) is 1. The molecule has 0 saturated carbocycles. The fraction of sp³-hybridized carbons (Fsp3) is 0.179. The van der Waals surface area contributed by atoms with Crippen LogP contribution in [0, 0.1) is 0 Å². The van der Waals surface area contributed by atoms with Crippen LogP contribution in [0.25, 0.3) is 0 Å². The van der Waals surface area contributed by atoms with Gasteiger partial charge in [0.25, 0.3) is 5.91 Å². The molecule has 3 aromatic rings. The van der Waals surface area contributed by atoms with E-state index in [4.69, 9.17) is 4.74 Å². The highest BCUT2D eigenvalue weighted by molar-refractivity contribution is 6.09. The smallest absolute Gasteiger partial charge is 0.254 e. The Morgan fingerprint density at radius 1 is 1.03 bits per heavy atom. The Bertz CT molecular complexity index is 1300. The van der Waals surface area contributed by atoms with Gasteiger partial charge < -0.3 is 15.4 Å². The average molecular weight is 452 g/mol. The summed E-state index contributed by atoms with van der Waals surface area (Å²) in [6.07, 6.45) is 5.32.